The molecule has 3 aromatic rings. The number of oxazole rings is 1. The van der Waals surface area contributed by atoms with Gasteiger partial charge >= 0.3 is 5.76 Å². The molecule has 5 nitrogen and oxygen atoms in total. The number of nitrogens with one attached hydrogen (secondary N) is 1. The third-order valence-electron chi connectivity index (χ3n) is 2.95. The lowest BCUT2D eigenvalue weighted by molar-refractivity contribution is 0.145. The minimum atomic E-state index is -2.83. The van der Waals surface area contributed by atoms with Gasteiger partial charge in [-0.25, -0.2) is 23.5 Å². The lowest BCUT2D eigenvalue weighted by atomic mass is 10.1. The van der Waals surface area contributed by atoms with Crippen LogP contribution in [0.2, 0.25) is 5.02 Å². The standard InChI is InChI=1S/C14H6ClF2N3O2/c1-2-8-11(13(16)17)18-5-9(19-8)6-3-4-7(15)10-12(6)22-14(21)20-10/h1,3-5,13H,(H,20,21). The van der Waals surface area contributed by atoms with Crippen molar-refractivity contribution < 1.29 is 13.2 Å². The number of fused-ring (bicyclic) bond motifs is 1. The van der Waals surface area contributed by atoms with Gasteiger partial charge in [-0.05, 0) is 18.1 Å². The van der Waals surface area contributed by atoms with Gasteiger partial charge in [-0.2, -0.15) is 0 Å². The van der Waals surface area contributed by atoms with E-state index >= 15 is 0 Å². The monoisotopic (exact) mass is 321 g/mol. The Morgan fingerprint density at radius 1 is 1.41 bits per heavy atom. The molecule has 8 heteroatoms. The Bertz CT molecular complexity index is 972. The van der Waals surface area contributed by atoms with Crippen molar-refractivity contribution in [1.29, 1.82) is 0 Å². The number of rotatable bonds is 2. The highest BCUT2D eigenvalue weighted by Gasteiger charge is 2.18. The zero-order valence-electron chi connectivity index (χ0n) is 10.7. The molecule has 1 aromatic carbocycles. The summed E-state index contributed by atoms with van der Waals surface area (Å²) in [5, 5.41) is 0.277. The maximum atomic E-state index is 12.8. The van der Waals surface area contributed by atoms with E-state index in [4.69, 9.17) is 22.4 Å². The quantitative estimate of drug-likeness (QED) is 0.736. The van der Waals surface area contributed by atoms with E-state index in [0.29, 0.717) is 5.56 Å². The van der Waals surface area contributed by atoms with E-state index in [1.807, 2.05) is 0 Å². The van der Waals surface area contributed by atoms with Crippen LogP contribution in [0.5, 0.6) is 0 Å². The number of H-pyrrole nitrogens is 1. The molecule has 1 N–H and O–H groups in total. The van der Waals surface area contributed by atoms with Crippen molar-refractivity contribution in [3.8, 4) is 23.6 Å². The Labute approximate surface area is 127 Å². The van der Waals surface area contributed by atoms with Gasteiger partial charge in [0.25, 0.3) is 6.43 Å². The summed E-state index contributed by atoms with van der Waals surface area (Å²) < 4.78 is 30.6. The molecule has 2 aromatic heterocycles. The average molecular weight is 322 g/mol. The number of aromatic amines is 1. The van der Waals surface area contributed by atoms with Crippen LogP contribution in [0.1, 0.15) is 17.8 Å². The largest absolute Gasteiger partial charge is 0.417 e. The highest BCUT2D eigenvalue weighted by Crippen LogP contribution is 2.31. The van der Waals surface area contributed by atoms with Crippen molar-refractivity contribution in [1.82, 2.24) is 15.0 Å². The molecule has 0 unspecified atom stereocenters. The molecule has 0 saturated carbocycles. The molecule has 0 aliphatic rings. The van der Waals surface area contributed by atoms with E-state index in [-0.39, 0.29) is 27.5 Å². The van der Waals surface area contributed by atoms with Crippen LogP contribution in [-0.2, 0) is 0 Å². The minimum absolute atomic E-state index is 0.152. The van der Waals surface area contributed by atoms with Gasteiger partial charge in [-0.1, -0.05) is 11.6 Å². The molecule has 22 heavy (non-hydrogen) atoms. The molecular weight excluding hydrogens is 316 g/mol. The highest BCUT2D eigenvalue weighted by atomic mass is 35.5. The van der Waals surface area contributed by atoms with E-state index in [2.05, 4.69) is 20.9 Å². The van der Waals surface area contributed by atoms with Crippen molar-refractivity contribution >= 4 is 22.7 Å². The lowest BCUT2D eigenvalue weighted by Gasteiger charge is -2.06. The van der Waals surface area contributed by atoms with Gasteiger partial charge < -0.3 is 4.42 Å². The van der Waals surface area contributed by atoms with Crippen molar-refractivity contribution in [2.24, 2.45) is 0 Å². The SMILES string of the molecule is C#Cc1nc(-c2ccc(Cl)c3[nH]c(=O)oc23)cnc1C(F)F. The number of alkyl halides is 2. The number of terminal acetylenes is 1. The Hall–Kier alpha value is -2.72. The van der Waals surface area contributed by atoms with E-state index in [9.17, 15) is 13.6 Å². The van der Waals surface area contributed by atoms with E-state index in [1.54, 1.807) is 0 Å². The number of hydrogen-bond acceptors (Lipinski definition) is 4. The topological polar surface area (TPSA) is 71.8 Å². The second-order valence-electron chi connectivity index (χ2n) is 4.25. The van der Waals surface area contributed by atoms with Gasteiger partial charge in [0.05, 0.1) is 16.9 Å². The van der Waals surface area contributed by atoms with E-state index < -0.39 is 17.9 Å². The molecule has 0 bridgehead atoms. The predicted molar refractivity (Wildman–Crippen MR) is 75.8 cm³/mol. The molecule has 0 spiro atoms. The maximum absolute atomic E-state index is 12.8. The summed E-state index contributed by atoms with van der Waals surface area (Å²) in [6.07, 6.45) is 3.50. The summed E-state index contributed by atoms with van der Waals surface area (Å²) >= 11 is 5.96. The fraction of sp³-hybridized carbons (Fsp3) is 0.0714. The van der Waals surface area contributed by atoms with Crippen LogP contribution in [0.15, 0.2) is 27.5 Å². The minimum Gasteiger partial charge on any atom is -0.407 e. The number of halogens is 3. The molecule has 110 valence electrons. The first-order chi connectivity index (χ1) is 10.5. The van der Waals surface area contributed by atoms with Crippen LogP contribution in [-0.4, -0.2) is 15.0 Å². The Kier molecular flexibility index (Phi) is 3.39. The predicted octanol–water partition coefficient (Wildman–Crippen LogP) is 3.15. The van der Waals surface area contributed by atoms with Crippen LogP contribution >= 0.6 is 11.6 Å². The van der Waals surface area contributed by atoms with Crippen molar-refractivity contribution in [2.75, 3.05) is 0 Å². The summed E-state index contributed by atoms with van der Waals surface area (Å²) in [5.74, 6) is 1.38. The number of nitrogens with zero attached hydrogens (tertiary/aromatic N) is 2. The lowest BCUT2D eigenvalue weighted by Crippen LogP contribution is -2.00. The third-order valence-corrected chi connectivity index (χ3v) is 3.26. The average Bonchev–Trinajstić information content (AvgIpc) is 2.89. The highest BCUT2D eigenvalue weighted by molar-refractivity contribution is 6.35. The molecule has 0 saturated heterocycles. The van der Waals surface area contributed by atoms with Crippen LogP contribution in [0, 0.1) is 12.3 Å². The summed E-state index contributed by atoms with van der Waals surface area (Å²) in [4.78, 5) is 21.4. The number of hydrogen-bond donors (Lipinski definition) is 1. The smallest absolute Gasteiger partial charge is 0.407 e. The maximum Gasteiger partial charge on any atom is 0.417 e. The van der Waals surface area contributed by atoms with Gasteiger partial charge in [-0.3, -0.25) is 4.98 Å². The Morgan fingerprint density at radius 2 is 2.18 bits per heavy atom. The Balaban J connectivity index is 2.27. The van der Waals surface area contributed by atoms with Crippen LogP contribution in [0.3, 0.4) is 0 Å². The van der Waals surface area contributed by atoms with E-state index in [0.717, 1.165) is 6.20 Å². The first-order valence-corrected chi connectivity index (χ1v) is 6.32. The van der Waals surface area contributed by atoms with Crippen molar-refractivity contribution in [2.45, 2.75) is 6.43 Å². The number of benzene rings is 1. The third kappa shape index (κ3) is 2.23. The van der Waals surface area contributed by atoms with Gasteiger partial charge in [0.15, 0.2) is 5.58 Å². The van der Waals surface area contributed by atoms with Gasteiger partial charge in [-0.15, -0.1) is 6.42 Å². The number of aromatic nitrogens is 3. The van der Waals surface area contributed by atoms with Gasteiger partial charge in [0, 0.05) is 5.56 Å². The summed E-state index contributed by atoms with van der Waals surface area (Å²) in [6.45, 7) is 0. The first kappa shape index (κ1) is 14.2. The molecule has 0 fully saturated rings. The normalized spacial score (nSPS) is 11.0. The molecule has 0 aliphatic carbocycles. The molecule has 0 amide bonds. The molecule has 0 radical (unpaired) electrons. The second kappa shape index (κ2) is 5.24. The first-order valence-electron chi connectivity index (χ1n) is 5.94. The summed E-state index contributed by atoms with van der Waals surface area (Å²) in [6, 6.07) is 3.05. The van der Waals surface area contributed by atoms with Crippen molar-refractivity contribution in [3.63, 3.8) is 0 Å². The van der Waals surface area contributed by atoms with Gasteiger partial charge in [0.2, 0.25) is 0 Å². The molecule has 3 rings (SSSR count). The van der Waals surface area contributed by atoms with Gasteiger partial charge in [0.1, 0.15) is 16.9 Å². The van der Waals surface area contributed by atoms with Crippen LogP contribution in [0.25, 0.3) is 22.4 Å². The van der Waals surface area contributed by atoms with Crippen LogP contribution in [0.4, 0.5) is 8.78 Å². The van der Waals surface area contributed by atoms with E-state index in [1.165, 1.54) is 12.1 Å². The fourth-order valence-electron chi connectivity index (χ4n) is 2.00. The zero-order chi connectivity index (χ0) is 15.9. The summed E-state index contributed by atoms with van der Waals surface area (Å²) in [5.41, 5.74) is 0.149. The van der Waals surface area contributed by atoms with Crippen LogP contribution < -0.4 is 5.76 Å². The fourth-order valence-corrected chi connectivity index (χ4v) is 2.19. The Morgan fingerprint density at radius 3 is 2.86 bits per heavy atom. The molecule has 2 heterocycles. The molecular formula is C14H6ClF2N3O2. The second-order valence-corrected chi connectivity index (χ2v) is 4.65. The zero-order valence-corrected chi connectivity index (χ0v) is 11.5. The summed E-state index contributed by atoms with van der Waals surface area (Å²) in [7, 11) is 0. The van der Waals surface area contributed by atoms with Crippen molar-refractivity contribution in [3.05, 3.63) is 45.3 Å². The molecule has 0 aliphatic heterocycles. The molecule has 0 atom stereocenters.